The second kappa shape index (κ2) is 25.8. The molecule has 0 saturated heterocycles. The van der Waals surface area contributed by atoms with Crippen LogP contribution < -0.4 is 31.9 Å². The molecule has 13 nitrogen and oxygen atoms in total. The number of ether oxygens (including phenoxy) is 2. The van der Waals surface area contributed by atoms with Gasteiger partial charge in [0, 0.05) is 36.4 Å². The van der Waals surface area contributed by atoms with Crippen LogP contribution in [0.1, 0.15) is 162 Å². The van der Waals surface area contributed by atoms with E-state index in [2.05, 4.69) is 52.7 Å². The zero-order chi connectivity index (χ0) is 44.8. The summed E-state index contributed by atoms with van der Waals surface area (Å²) >= 11 is 5.33. The molecule has 0 aliphatic rings. The molecule has 14 heteroatoms. The van der Waals surface area contributed by atoms with Gasteiger partial charge in [-0.25, -0.2) is 9.59 Å². The minimum atomic E-state index is -0.738. The fourth-order valence-electron chi connectivity index (χ4n) is 6.00. The molecule has 60 heavy (non-hydrogen) atoms. The maximum Gasteiger partial charge on any atom is 0.408 e. The zero-order valence-corrected chi connectivity index (χ0v) is 38.4. The second-order valence-electron chi connectivity index (χ2n) is 18.2. The molecule has 5 amide bonds. The Morgan fingerprint density at radius 3 is 1.62 bits per heavy atom. The van der Waals surface area contributed by atoms with Crippen molar-refractivity contribution < 1.29 is 33.4 Å². The van der Waals surface area contributed by atoms with Gasteiger partial charge in [-0.15, -0.1) is 0 Å². The van der Waals surface area contributed by atoms with Gasteiger partial charge in [0.2, 0.25) is 11.8 Å². The van der Waals surface area contributed by atoms with Gasteiger partial charge in [0.15, 0.2) is 5.11 Å². The highest BCUT2D eigenvalue weighted by Crippen LogP contribution is 2.22. The molecule has 334 valence electrons. The van der Waals surface area contributed by atoms with Gasteiger partial charge in [-0.1, -0.05) is 77.8 Å². The van der Waals surface area contributed by atoms with Crippen LogP contribution in [0.4, 0.5) is 21.0 Å². The third-order valence-corrected chi connectivity index (χ3v) is 9.35. The van der Waals surface area contributed by atoms with Gasteiger partial charge in [-0.05, 0) is 133 Å². The van der Waals surface area contributed by atoms with E-state index >= 15 is 0 Å². The summed E-state index contributed by atoms with van der Waals surface area (Å²) in [6.07, 6.45) is 10.1. The second-order valence-corrected chi connectivity index (χ2v) is 18.6. The van der Waals surface area contributed by atoms with Crippen molar-refractivity contribution in [1.29, 1.82) is 0 Å². The van der Waals surface area contributed by atoms with E-state index in [4.69, 9.17) is 21.7 Å². The molecule has 0 aromatic heterocycles. The SMILES string of the molecule is CC(C)(C)OC(=O)NCCCC[C@H](NC(=O)OC(C)(C)C)C(=O)NCCCCCCCCCCCC(=O)Nc1ccc(NC(=S)NC(=O)c2ccc(C(C)(C)C)cc2)cc1. The van der Waals surface area contributed by atoms with Crippen molar-refractivity contribution >= 4 is 58.6 Å². The summed E-state index contributed by atoms with van der Waals surface area (Å²) < 4.78 is 10.6. The number of nitrogens with one attached hydrogen (secondary N) is 6. The van der Waals surface area contributed by atoms with Gasteiger partial charge in [0.25, 0.3) is 5.91 Å². The Morgan fingerprint density at radius 1 is 0.583 bits per heavy atom. The standard InChI is InChI=1S/C46H72N6O7S/c1-44(2,3)34-25-23-33(24-26-34)39(54)52-41(60)50-36-29-27-35(28-30-36)49-38(53)22-17-15-13-11-10-12-14-16-19-31-47-40(55)37(51-43(57)59-46(7,8)9)21-18-20-32-48-42(56)58-45(4,5)6/h23-30,37H,10-22,31-32H2,1-9H3,(H,47,55)(H,48,56)(H,49,53)(H,51,57)(H2,50,52,54,60)/t37-/m0/s1. The highest BCUT2D eigenvalue weighted by molar-refractivity contribution is 7.80. The number of hydrogen-bond acceptors (Lipinski definition) is 8. The summed E-state index contributed by atoms with van der Waals surface area (Å²) in [5.74, 6) is -0.558. The summed E-state index contributed by atoms with van der Waals surface area (Å²) in [4.78, 5) is 62.4. The van der Waals surface area contributed by atoms with Gasteiger partial charge in [0.05, 0.1) is 0 Å². The molecule has 1 atom stereocenters. The van der Waals surface area contributed by atoms with Crippen LogP contribution in [0.5, 0.6) is 0 Å². The van der Waals surface area contributed by atoms with Gasteiger partial charge < -0.3 is 36.1 Å². The lowest BCUT2D eigenvalue weighted by molar-refractivity contribution is -0.123. The van der Waals surface area contributed by atoms with Crippen molar-refractivity contribution in [1.82, 2.24) is 21.3 Å². The van der Waals surface area contributed by atoms with Crippen LogP contribution in [-0.4, -0.2) is 65.4 Å². The molecule has 2 aromatic rings. The summed E-state index contributed by atoms with van der Waals surface area (Å²) in [7, 11) is 0. The Labute approximate surface area is 364 Å². The summed E-state index contributed by atoms with van der Waals surface area (Å²) in [5, 5.41) is 17.2. The first kappa shape index (κ1) is 51.4. The lowest BCUT2D eigenvalue weighted by Gasteiger charge is -2.23. The lowest BCUT2D eigenvalue weighted by atomic mass is 9.87. The molecule has 0 fully saturated rings. The van der Waals surface area contributed by atoms with Gasteiger partial charge in [-0.2, -0.15) is 0 Å². The smallest absolute Gasteiger partial charge is 0.408 e. The Balaban J connectivity index is 1.56. The number of thiocarbonyl (C=S) groups is 1. The van der Waals surface area contributed by atoms with E-state index in [1.807, 2.05) is 12.1 Å². The normalized spacial score (nSPS) is 12.1. The average Bonchev–Trinajstić information content (AvgIpc) is 3.13. The van der Waals surface area contributed by atoms with Crippen molar-refractivity contribution in [3.05, 3.63) is 59.7 Å². The fraction of sp³-hybridized carbons (Fsp3) is 0.609. The van der Waals surface area contributed by atoms with E-state index in [-0.39, 0.29) is 28.2 Å². The van der Waals surface area contributed by atoms with Crippen molar-refractivity contribution in [2.45, 2.75) is 168 Å². The van der Waals surface area contributed by atoms with Gasteiger partial charge in [-0.3, -0.25) is 19.7 Å². The summed E-state index contributed by atoms with van der Waals surface area (Å²) in [6, 6.07) is 13.9. The third-order valence-electron chi connectivity index (χ3n) is 9.14. The highest BCUT2D eigenvalue weighted by Gasteiger charge is 2.24. The van der Waals surface area contributed by atoms with Crippen LogP contribution in [0.25, 0.3) is 0 Å². The molecule has 0 radical (unpaired) electrons. The van der Waals surface area contributed by atoms with Crippen LogP contribution in [0.3, 0.4) is 0 Å². The number of carbonyl (C=O) groups excluding carboxylic acids is 5. The number of unbranched alkanes of at least 4 members (excludes halogenated alkanes) is 9. The van der Waals surface area contributed by atoms with Gasteiger partial charge >= 0.3 is 12.2 Å². The first-order valence-electron chi connectivity index (χ1n) is 21.5. The first-order chi connectivity index (χ1) is 28.1. The van der Waals surface area contributed by atoms with Crippen molar-refractivity contribution in [3.63, 3.8) is 0 Å². The lowest BCUT2D eigenvalue weighted by Crippen LogP contribution is -2.48. The minimum Gasteiger partial charge on any atom is -0.444 e. The molecule has 0 saturated carbocycles. The van der Waals surface area contributed by atoms with E-state index in [9.17, 15) is 24.0 Å². The maximum atomic E-state index is 13.0. The van der Waals surface area contributed by atoms with Crippen LogP contribution >= 0.6 is 12.2 Å². The number of hydrogen-bond donors (Lipinski definition) is 6. The van der Waals surface area contributed by atoms with Crippen molar-refractivity contribution in [2.75, 3.05) is 23.7 Å². The number of carbonyl (C=O) groups is 5. The predicted octanol–water partition coefficient (Wildman–Crippen LogP) is 9.65. The zero-order valence-electron chi connectivity index (χ0n) is 37.6. The van der Waals surface area contributed by atoms with Crippen LogP contribution in [0.15, 0.2) is 48.5 Å². The number of amides is 5. The van der Waals surface area contributed by atoms with E-state index in [1.54, 1.807) is 77.9 Å². The van der Waals surface area contributed by atoms with Crippen LogP contribution in [-0.2, 0) is 24.5 Å². The molecule has 2 rings (SSSR count). The van der Waals surface area contributed by atoms with Crippen LogP contribution in [0.2, 0.25) is 0 Å². The monoisotopic (exact) mass is 853 g/mol. The number of alkyl carbamates (subject to hydrolysis) is 2. The molecule has 0 aliphatic heterocycles. The minimum absolute atomic E-state index is 0.00229. The Kier molecular flexibility index (Phi) is 22.1. The summed E-state index contributed by atoms with van der Waals surface area (Å²) in [6.45, 7) is 18.0. The topological polar surface area (TPSA) is 176 Å². The molecular formula is C46H72N6O7S. The highest BCUT2D eigenvalue weighted by atomic mass is 32.1. The molecule has 0 spiro atoms. The van der Waals surface area contributed by atoms with E-state index in [0.29, 0.717) is 55.7 Å². The van der Waals surface area contributed by atoms with Crippen LogP contribution in [0, 0.1) is 0 Å². The third kappa shape index (κ3) is 23.8. The molecule has 0 heterocycles. The average molecular weight is 853 g/mol. The fourth-order valence-corrected chi connectivity index (χ4v) is 6.21. The number of benzene rings is 2. The molecule has 0 aliphatic carbocycles. The van der Waals surface area contributed by atoms with Gasteiger partial charge in [0.1, 0.15) is 17.2 Å². The largest absolute Gasteiger partial charge is 0.444 e. The maximum absolute atomic E-state index is 13.0. The van der Waals surface area contributed by atoms with Crippen molar-refractivity contribution in [2.24, 2.45) is 0 Å². The summed E-state index contributed by atoms with van der Waals surface area (Å²) in [5.41, 5.74) is 1.80. The Morgan fingerprint density at radius 2 is 1.07 bits per heavy atom. The molecule has 2 aromatic carbocycles. The molecular weight excluding hydrogens is 781 g/mol. The van der Waals surface area contributed by atoms with E-state index in [0.717, 1.165) is 63.4 Å². The Hall–Kier alpha value is -4.72. The predicted molar refractivity (Wildman–Crippen MR) is 244 cm³/mol. The Bertz CT molecular complexity index is 1660. The molecule has 0 bridgehead atoms. The first-order valence-corrected chi connectivity index (χ1v) is 21.9. The van der Waals surface area contributed by atoms with E-state index < -0.39 is 29.4 Å². The molecule has 0 unspecified atom stereocenters. The number of rotatable bonds is 22. The molecule has 6 N–H and O–H groups in total. The van der Waals surface area contributed by atoms with Crippen molar-refractivity contribution in [3.8, 4) is 0 Å². The number of anilines is 2. The quantitative estimate of drug-likeness (QED) is 0.0498. The van der Waals surface area contributed by atoms with E-state index in [1.165, 1.54) is 0 Å².